The van der Waals surface area contributed by atoms with Crippen molar-refractivity contribution in [2.24, 2.45) is 11.8 Å². The van der Waals surface area contributed by atoms with Gasteiger partial charge < -0.3 is 9.59 Å². The Morgan fingerprint density at radius 3 is 2.00 bits per heavy atom. The molecule has 0 radical (unpaired) electrons. The zero-order valence-electron chi connectivity index (χ0n) is 6.45. The van der Waals surface area contributed by atoms with E-state index in [1.54, 1.807) is 0 Å². The fourth-order valence-corrected chi connectivity index (χ4v) is 1.51. The third-order valence-electron chi connectivity index (χ3n) is 2.31. The highest BCUT2D eigenvalue weighted by molar-refractivity contribution is 5.66. The van der Waals surface area contributed by atoms with E-state index in [0.29, 0.717) is 0 Å². The smallest absolute Gasteiger partial charge is 0.127 e. The minimum absolute atomic E-state index is 0.0704. The average molecular weight is 152 g/mol. The van der Waals surface area contributed by atoms with Crippen molar-refractivity contribution < 1.29 is 9.59 Å². The molecule has 11 heavy (non-hydrogen) atoms. The lowest BCUT2D eigenvalue weighted by Crippen LogP contribution is -2.20. The topological polar surface area (TPSA) is 34.1 Å². The van der Waals surface area contributed by atoms with Crippen molar-refractivity contribution in [1.29, 1.82) is 0 Å². The Hall–Kier alpha value is -0.920. The normalized spacial score (nSPS) is 31.5. The van der Waals surface area contributed by atoms with Crippen molar-refractivity contribution in [2.45, 2.75) is 19.3 Å². The molecule has 0 aromatic heterocycles. The summed E-state index contributed by atoms with van der Waals surface area (Å²) in [6.07, 6.45) is 4.50. The molecule has 1 saturated carbocycles. The maximum absolute atomic E-state index is 10.5. The summed E-state index contributed by atoms with van der Waals surface area (Å²) in [7, 11) is 0. The predicted molar refractivity (Wildman–Crippen MR) is 42.1 cm³/mol. The lowest BCUT2D eigenvalue weighted by Gasteiger charge is -2.24. The highest BCUT2D eigenvalue weighted by Gasteiger charge is 2.24. The number of carbonyl (C=O) groups is 2. The largest absolute Gasteiger partial charge is 0.303 e. The average Bonchev–Trinajstić information content (AvgIpc) is 2.05. The van der Waals surface area contributed by atoms with Gasteiger partial charge in [0.2, 0.25) is 0 Å². The monoisotopic (exact) mass is 152 g/mol. The van der Waals surface area contributed by atoms with Crippen LogP contribution in [-0.4, -0.2) is 12.6 Å². The van der Waals surface area contributed by atoms with E-state index in [1.807, 2.05) is 0 Å². The van der Waals surface area contributed by atoms with Crippen LogP contribution in [-0.2, 0) is 9.59 Å². The highest BCUT2D eigenvalue weighted by Crippen LogP contribution is 2.30. The van der Waals surface area contributed by atoms with Gasteiger partial charge in [-0.2, -0.15) is 0 Å². The molecule has 0 aromatic carbocycles. The third kappa shape index (κ3) is 1.56. The first-order chi connectivity index (χ1) is 5.29. The second-order valence-electron chi connectivity index (χ2n) is 2.99. The first kappa shape index (κ1) is 8.18. The second-order valence-corrected chi connectivity index (χ2v) is 2.99. The third-order valence-corrected chi connectivity index (χ3v) is 2.31. The molecule has 1 aliphatic carbocycles. The van der Waals surface area contributed by atoms with Crippen LogP contribution in [0.5, 0.6) is 0 Å². The van der Waals surface area contributed by atoms with Crippen LogP contribution >= 0.6 is 0 Å². The summed E-state index contributed by atoms with van der Waals surface area (Å²) in [5.41, 5.74) is 0.807. The first-order valence-electron chi connectivity index (χ1n) is 3.89. The number of hydrogen-bond donors (Lipinski definition) is 0. The van der Waals surface area contributed by atoms with Crippen LogP contribution < -0.4 is 0 Å². The minimum Gasteiger partial charge on any atom is -0.303 e. The first-order valence-corrected chi connectivity index (χ1v) is 3.89. The number of carbonyl (C=O) groups excluding carboxylic acids is 2. The van der Waals surface area contributed by atoms with E-state index in [9.17, 15) is 9.59 Å². The summed E-state index contributed by atoms with van der Waals surface area (Å²) < 4.78 is 0. The van der Waals surface area contributed by atoms with E-state index in [2.05, 4.69) is 6.58 Å². The van der Waals surface area contributed by atoms with Gasteiger partial charge in [0.05, 0.1) is 0 Å². The molecule has 0 heterocycles. The number of aldehydes is 2. The molecule has 0 saturated heterocycles. The van der Waals surface area contributed by atoms with Gasteiger partial charge in [-0.05, 0) is 12.8 Å². The van der Waals surface area contributed by atoms with Gasteiger partial charge >= 0.3 is 0 Å². The maximum Gasteiger partial charge on any atom is 0.127 e. The molecular formula is C9H12O2. The quantitative estimate of drug-likeness (QED) is 0.442. The second kappa shape index (κ2) is 3.46. The molecule has 2 nitrogen and oxygen atoms in total. The van der Waals surface area contributed by atoms with Crippen molar-refractivity contribution in [3.8, 4) is 0 Å². The van der Waals surface area contributed by atoms with Crippen molar-refractivity contribution in [3.05, 3.63) is 12.2 Å². The maximum atomic E-state index is 10.5. The van der Waals surface area contributed by atoms with Crippen LogP contribution in [0.15, 0.2) is 12.2 Å². The Balaban J connectivity index is 2.66. The number of rotatable bonds is 2. The van der Waals surface area contributed by atoms with Crippen molar-refractivity contribution >= 4 is 12.6 Å². The standard InChI is InChI=1S/C9H12O2/c1-7-8(5-10)3-2-4-9(7)6-11/h5-6,8-9H,1-4H2. The van der Waals surface area contributed by atoms with Gasteiger partial charge in [-0.25, -0.2) is 0 Å². The summed E-state index contributed by atoms with van der Waals surface area (Å²) in [6.45, 7) is 3.76. The Kier molecular flexibility index (Phi) is 2.58. The van der Waals surface area contributed by atoms with Crippen LogP contribution in [0.1, 0.15) is 19.3 Å². The molecule has 1 aliphatic rings. The van der Waals surface area contributed by atoms with Crippen LogP contribution in [0.3, 0.4) is 0 Å². The summed E-state index contributed by atoms with van der Waals surface area (Å²) in [4.78, 5) is 20.9. The van der Waals surface area contributed by atoms with Gasteiger partial charge in [0, 0.05) is 11.8 Å². The van der Waals surface area contributed by atoms with Gasteiger partial charge in [-0.1, -0.05) is 18.6 Å². The lowest BCUT2D eigenvalue weighted by molar-refractivity contribution is -0.112. The fraction of sp³-hybridized carbons (Fsp3) is 0.556. The molecule has 0 aliphatic heterocycles. The molecule has 0 spiro atoms. The summed E-state index contributed by atoms with van der Waals surface area (Å²) in [5.74, 6) is -0.141. The van der Waals surface area contributed by atoms with Crippen LogP contribution in [0.25, 0.3) is 0 Å². The van der Waals surface area contributed by atoms with Gasteiger partial charge in [-0.15, -0.1) is 0 Å². The fourth-order valence-electron chi connectivity index (χ4n) is 1.51. The lowest BCUT2D eigenvalue weighted by atomic mass is 9.79. The molecule has 0 aromatic rings. The van der Waals surface area contributed by atoms with Crippen LogP contribution in [0.2, 0.25) is 0 Å². The van der Waals surface area contributed by atoms with E-state index in [-0.39, 0.29) is 11.8 Å². The van der Waals surface area contributed by atoms with Gasteiger partial charge in [-0.3, -0.25) is 0 Å². The molecule has 0 N–H and O–H groups in total. The minimum atomic E-state index is -0.0704. The summed E-state index contributed by atoms with van der Waals surface area (Å²) in [5, 5.41) is 0. The Morgan fingerprint density at radius 1 is 1.18 bits per heavy atom. The van der Waals surface area contributed by atoms with Gasteiger partial charge in [0.25, 0.3) is 0 Å². The molecule has 60 valence electrons. The Bertz CT molecular complexity index is 166. The van der Waals surface area contributed by atoms with E-state index in [1.165, 1.54) is 0 Å². The SMILES string of the molecule is C=C1C(C=O)CCCC1C=O. The number of hydrogen-bond acceptors (Lipinski definition) is 2. The molecular weight excluding hydrogens is 140 g/mol. The van der Waals surface area contributed by atoms with E-state index in [4.69, 9.17) is 0 Å². The zero-order valence-corrected chi connectivity index (χ0v) is 6.45. The molecule has 2 heteroatoms. The summed E-state index contributed by atoms with van der Waals surface area (Å²) >= 11 is 0. The Labute approximate surface area is 66.3 Å². The molecule has 1 rings (SSSR count). The zero-order chi connectivity index (χ0) is 8.27. The summed E-state index contributed by atoms with van der Waals surface area (Å²) in [6, 6.07) is 0. The Morgan fingerprint density at radius 2 is 1.64 bits per heavy atom. The number of allylic oxidation sites excluding steroid dienone is 1. The predicted octanol–water partition coefficient (Wildman–Crippen LogP) is 1.36. The van der Waals surface area contributed by atoms with Crippen molar-refractivity contribution in [2.75, 3.05) is 0 Å². The van der Waals surface area contributed by atoms with Crippen molar-refractivity contribution in [3.63, 3.8) is 0 Å². The molecule has 2 atom stereocenters. The highest BCUT2D eigenvalue weighted by atomic mass is 16.1. The molecule has 2 unspecified atom stereocenters. The molecule has 1 fully saturated rings. The van der Waals surface area contributed by atoms with Crippen LogP contribution in [0.4, 0.5) is 0 Å². The molecule has 0 bridgehead atoms. The van der Waals surface area contributed by atoms with Crippen LogP contribution in [0, 0.1) is 11.8 Å². The van der Waals surface area contributed by atoms with E-state index >= 15 is 0 Å². The van der Waals surface area contributed by atoms with E-state index in [0.717, 1.165) is 37.4 Å². The van der Waals surface area contributed by atoms with Crippen molar-refractivity contribution in [1.82, 2.24) is 0 Å². The van der Waals surface area contributed by atoms with Gasteiger partial charge in [0.1, 0.15) is 12.6 Å². The molecule has 0 amide bonds. The van der Waals surface area contributed by atoms with E-state index < -0.39 is 0 Å². The van der Waals surface area contributed by atoms with Gasteiger partial charge in [0.15, 0.2) is 0 Å².